The molecule has 0 aromatic carbocycles. The smallest absolute Gasteiger partial charge is 0.320 e. The fourth-order valence-corrected chi connectivity index (χ4v) is 0.864. The fraction of sp³-hybridized carbons (Fsp3) is 0.700. The van der Waals surface area contributed by atoms with Gasteiger partial charge in [0.05, 0.1) is 0 Å². The number of hydrogen-bond acceptors (Lipinski definition) is 6. The summed E-state index contributed by atoms with van der Waals surface area (Å²) in [6.07, 6.45) is 0.914. The summed E-state index contributed by atoms with van der Waals surface area (Å²) >= 11 is 0. The van der Waals surface area contributed by atoms with E-state index in [1.165, 1.54) is 0 Å². The van der Waals surface area contributed by atoms with Crippen LogP contribution in [0.4, 0.5) is 0 Å². The van der Waals surface area contributed by atoms with Crippen LogP contribution in [0.25, 0.3) is 0 Å². The lowest BCUT2D eigenvalue weighted by Gasteiger charge is -2.02. The highest BCUT2D eigenvalue weighted by atomic mass is 16.4. The lowest BCUT2D eigenvalue weighted by atomic mass is 10.2. The zero-order chi connectivity index (χ0) is 15.4. The molecule has 0 bridgehead atoms. The number of aliphatic carboxylic acids is 3. The summed E-state index contributed by atoms with van der Waals surface area (Å²) in [6.45, 7) is 0.501. The van der Waals surface area contributed by atoms with E-state index in [2.05, 4.69) is 0 Å². The molecule has 0 aliphatic rings. The second-order valence-corrected chi connectivity index (χ2v) is 3.75. The highest BCUT2D eigenvalue weighted by Gasteiger charge is 2.12. The van der Waals surface area contributed by atoms with E-state index in [0.717, 1.165) is 0 Å². The minimum Gasteiger partial charge on any atom is -0.481 e. The van der Waals surface area contributed by atoms with E-state index in [9.17, 15) is 14.4 Å². The van der Waals surface area contributed by atoms with Crippen LogP contribution in [0.1, 0.15) is 25.7 Å². The molecule has 9 heteroatoms. The zero-order valence-electron chi connectivity index (χ0n) is 10.5. The normalized spacial score (nSPS) is 12.8. The molecule has 0 unspecified atom stereocenters. The third kappa shape index (κ3) is 14.2. The molecule has 0 radical (unpaired) electrons. The summed E-state index contributed by atoms with van der Waals surface area (Å²) in [4.78, 5) is 29.9. The Morgan fingerprint density at radius 1 is 0.895 bits per heavy atom. The molecule has 19 heavy (non-hydrogen) atoms. The lowest BCUT2D eigenvalue weighted by molar-refractivity contribution is -0.140. The SMILES string of the molecule is NCCC[C@@H](N)C(=O)O.N[C@@H](CCC(=O)O)C(=O)O. The number of carbonyl (C=O) groups is 3. The molecule has 0 aromatic rings. The van der Waals surface area contributed by atoms with Gasteiger partial charge in [-0.25, -0.2) is 0 Å². The van der Waals surface area contributed by atoms with Crippen molar-refractivity contribution in [2.24, 2.45) is 17.2 Å². The Kier molecular flexibility index (Phi) is 11.8. The standard InChI is InChI=1S/C5H12N2O2.C5H9NO4/c6-3-1-2-4(7)5(8)9;6-3(5(9)10)1-2-4(7)8/h4H,1-3,6-7H2,(H,8,9);3H,1-2,6H2,(H,7,8)(H,9,10)/t4-;3-/m10/s1. The molecule has 0 amide bonds. The van der Waals surface area contributed by atoms with E-state index in [1.54, 1.807) is 0 Å². The van der Waals surface area contributed by atoms with Gasteiger partial charge in [-0.15, -0.1) is 0 Å². The van der Waals surface area contributed by atoms with Crippen LogP contribution in [0.5, 0.6) is 0 Å². The van der Waals surface area contributed by atoms with Gasteiger partial charge in [0.2, 0.25) is 0 Å². The summed E-state index contributed by atoms with van der Waals surface area (Å²) < 4.78 is 0. The quantitative estimate of drug-likeness (QED) is 0.303. The lowest BCUT2D eigenvalue weighted by Crippen LogP contribution is -2.30. The Morgan fingerprint density at radius 2 is 1.32 bits per heavy atom. The monoisotopic (exact) mass is 279 g/mol. The minimum atomic E-state index is -1.17. The fourth-order valence-electron chi connectivity index (χ4n) is 0.864. The third-order valence-corrected chi connectivity index (χ3v) is 2.02. The molecule has 2 atom stereocenters. The van der Waals surface area contributed by atoms with E-state index in [1.807, 2.05) is 0 Å². The summed E-state index contributed by atoms with van der Waals surface area (Å²) in [7, 11) is 0. The van der Waals surface area contributed by atoms with Crippen LogP contribution in [0.2, 0.25) is 0 Å². The van der Waals surface area contributed by atoms with Crippen LogP contribution in [-0.2, 0) is 14.4 Å². The van der Waals surface area contributed by atoms with Crippen LogP contribution in [-0.4, -0.2) is 51.9 Å². The maximum atomic E-state index is 10.0. The van der Waals surface area contributed by atoms with E-state index >= 15 is 0 Å². The number of rotatable bonds is 8. The van der Waals surface area contributed by atoms with Gasteiger partial charge in [0.15, 0.2) is 0 Å². The second-order valence-electron chi connectivity index (χ2n) is 3.75. The Labute approximate surface area is 110 Å². The second kappa shape index (κ2) is 11.4. The highest BCUT2D eigenvalue weighted by Crippen LogP contribution is 1.93. The number of carboxylic acid groups (broad SMARTS) is 3. The van der Waals surface area contributed by atoms with Gasteiger partial charge in [-0.1, -0.05) is 0 Å². The average Bonchev–Trinajstić information content (AvgIpc) is 2.33. The van der Waals surface area contributed by atoms with Crippen molar-refractivity contribution in [2.75, 3.05) is 6.54 Å². The van der Waals surface area contributed by atoms with Crippen molar-refractivity contribution in [1.82, 2.24) is 0 Å². The van der Waals surface area contributed by atoms with E-state index in [4.69, 9.17) is 32.5 Å². The van der Waals surface area contributed by atoms with Crippen molar-refractivity contribution in [2.45, 2.75) is 37.8 Å². The number of nitrogens with two attached hydrogens (primary N) is 3. The molecule has 0 aromatic heterocycles. The van der Waals surface area contributed by atoms with Gasteiger partial charge < -0.3 is 32.5 Å². The largest absolute Gasteiger partial charge is 0.481 e. The topological polar surface area (TPSA) is 190 Å². The van der Waals surface area contributed by atoms with Crippen LogP contribution in [0.15, 0.2) is 0 Å². The Hall–Kier alpha value is -1.71. The average molecular weight is 279 g/mol. The van der Waals surface area contributed by atoms with Gasteiger partial charge in [0.1, 0.15) is 12.1 Å². The number of carboxylic acids is 3. The predicted molar refractivity (Wildman–Crippen MR) is 66.4 cm³/mol. The van der Waals surface area contributed by atoms with Crippen LogP contribution < -0.4 is 17.2 Å². The summed E-state index contributed by atoms with van der Waals surface area (Å²) in [5.41, 5.74) is 15.3. The first-order valence-electron chi connectivity index (χ1n) is 5.61. The number of hydrogen-bond donors (Lipinski definition) is 6. The molecule has 9 nitrogen and oxygen atoms in total. The first-order chi connectivity index (χ1) is 8.72. The zero-order valence-corrected chi connectivity index (χ0v) is 10.5. The first-order valence-corrected chi connectivity index (χ1v) is 5.61. The molecule has 0 fully saturated rings. The predicted octanol–water partition coefficient (Wildman–Crippen LogP) is -1.60. The van der Waals surface area contributed by atoms with Crippen LogP contribution in [0, 0.1) is 0 Å². The Bertz CT molecular complexity index is 297. The molecule has 0 heterocycles. The van der Waals surface area contributed by atoms with E-state index in [0.29, 0.717) is 19.4 Å². The highest BCUT2D eigenvalue weighted by molar-refractivity contribution is 5.74. The molecule has 0 aliphatic heterocycles. The maximum Gasteiger partial charge on any atom is 0.320 e. The van der Waals surface area contributed by atoms with E-state index < -0.39 is 30.0 Å². The van der Waals surface area contributed by atoms with E-state index in [-0.39, 0.29) is 12.8 Å². The van der Waals surface area contributed by atoms with Gasteiger partial charge in [0, 0.05) is 6.42 Å². The van der Waals surface area contributed by atoms with Crippen molar-refractivity contribution in [3.05, 3.63) is 0 Å². The van der Waals surface area contributed by atoms with Gasteiger partial charge in [0.25, 0.3) is 0 Å². The molecule has 112 valence electrons. The van der Waals surface area contributed by atoms with Crippen molar-refractivity contribution in [1.29, 1.82) is 0 Å². The molecule has 0 saturated heterocycles. The van der Waals surface area contributed by atoms with Crippen LogP contribution >= 0.6 is 0 Å². The molecule has 9 N–H and O–H groups in total. The van der Waals surface area contributed by atoms with Crippen molar-refractivity contribution in [3.63, 3.8) is 0 Å². The van der Waals surface area contributed by atoms with Crippen molar-refractivity contribution in [3.8, 4) is 0 Å². The summed E-state index contributed by atoms with van der Waals surface area (Å²) in [6, 6.07) is -1.80. The van der Waals surface area contributed by atoms with Gasteiger partial charge in [-0.3, -0.25) is 14.4 Å². The molecule has 0 rings (SSSR count). The molecule has 0 spiro atoms. The van der Waals surface area contributed by atoms with Gasteiger partial charge >= 0.3 is 17.9 Å². The molecule has 0 saturated carbocycles. The van der Waals surface area contributed by atoms with Crippen LogP contribution in [0.3, 0.4) is 0 Å². The summed E-state index contributed by atoms with van der Waals surface area (Å²) in [5.74, 6) is -3.15. The minimum absolute atomic E-state index is 0.0231. The molecule has 0 aliphatic carbocycles. The van der Waals surface area contributed by atoms with Gasteiger partial charge in [-0.2, -0.15) is 0 Å². The Balaban J connectivity index is 0. The van der Waals surface area contributed by atoms with Crippen molar-refractivity contribution < 1.29 is 29.7 Å². The third-order valence-electron chi connectivity index (χ3n) is 2.02. The van der Waals surface area contributed by atoms with Crippen molar-refractivity contribution >= 4 is 17.9 Å². The maximum absolute atomic E-state index is 10.0. The summed E-state index contributed by atoms with van der Waals surface area (Å²) in [5, 5.41) is 24.5. The molecular weight excluding hydrogens is 258 g/mol. The van der Waals surface area contributed by atoms with Gasteiger partial charge in [-0.05, 0) is 25.8 Å². The Morgan fingerprint density at radius 3 is 1.63 bits per heavy atom. The molecular formula is C10H21N3O6. The first kappa shape index (κ1) is 19.6.